The van der Waals surface area contributed by atoms with Gasteiger partial charge in [0.05, 0.1) is 27.2 Å². The van der Waals surface area contributed by atoms with Crippen molar-refractivity contribution in [1.29, 1.82) is 0 Å². The fourth-order valence-electron chi connectivity index (χ4n) is 8.17. The molecule has 0 rings (SSSR count). The Balaban J connectivity index is 0. The third-order valence-electron chi connectivity index (χ3n) is 12.1. The van der Waals surface area contributed by atoms with E-state index < -0.39 is 6.29 Å². The van der Waals surface area contributed by atoms with Crippen molar-refractivity contribution in [3.63, 3.8) is 0 Å². The van der Waals surface area contributed by atoms with Crippen LogP contribution in [0.15, 0.2) is 0 Å². The Kier molecular flexibility index (Phi) is 49.9. The van der Waals surface area contributed by atoms with Gasteiger partial charge in [0.1, 0.15) is 0 Å². The number of aliphatic hydroxyl groups excluding tert-OH is 1. The highest BCUT2D eigenvalue weighted by Crippen LogP contribution is 2.16. The molecule has 0 unspecified atom stereocenters. The second-order valence-electron chi connectivity index (χ2n) is 18.7. The van der Waals surface area contributed by atoms with E-state index in [2.05, 4.69) is 34.9 Å². The lowest BCUT2D eigenvalue weighted by Crippen LogP contribution is -2.41. The number of unbranched alkanes of at least 4 members (excludes halogenated alkanes) is 37. The van der Waals surface area contributed by atoms with E-state index in [0.29, 0.717) is 6.54 Å². The molecule has 0 aromatic rings. The van der Waals surface area contributed by atoms with Crippen molar-refractivity contribution in [1.82, 2.24) is 4.90 Å². The van der Waals surface area contributed by atoms with Crippen molar-refractivity contribution in [2.45, 2.75) is 284 Å². The zero-order valence-corrected chi connectivity index (χ0v) is 39.5. The maximum absolute atomic E-state index is 8.87. The summed E-state index contributed by atoms with van der Waals surface area (Å²) in [6, 6.07) is 0. The predicted molar refractivity (Wildman–Crippen MR) is 249 cm³/mol. The molecule has 0 radical (unpaired) electrons. The van der Waals surface area contributed by atoms with Crippen molar-refractivity contribution in [2.75, 3.05) is 47.3 Å². The van der Waals surface area contributed by atoms with Crippen LogP contribution in [0, 0.1) is 0 Å². The van der Waals surface area contributed by atoms with Gasteiger partial charge in [-0.05, 0) is 45.7 Å². The third-order valence-corrected chi connectivity index (χ3v) is 12.1. The molecule has 0 atom stereocenters. The number of likely N-dealkylation sites (N-methyl/N-ethyl adjacent to an activating group) is 1. The molecule has 0 aliphatic carbocycles. The first-order valence-corrected chi connectivity index (χ1v) is 25.7. The summed E-state index contributed by atoms with van der Waals surface area (Å²) in [5.74, 6) is 0. The smallest absolute Gasteiger partial charge is 0.164 e. The van der Waals surface area contributed by atoms with Gasteiger partial charge >= 0.3 is 0 Å². The SMILES string of the molecule is CCCCCCCCCCCCCCCCCCN(C)CC(O)O.CCCCCCCCCCCCCC[N+](C)(C)CCCCCCCCCCCCCC. The quantitative estimate of drug-likeness (QED) is 0.0367. The van der Waals surface area contributed by atoms with Crippen LogP contribution in [0.2, 0.25) is 0 Å². The molecule has 0 aromatic carbocycles. The monoisotopic (exact) mass is 782 g/mol. The summed E-state index contributed by atoms with van der Waals surface area (Å²) in [6.45, 7) is 11.0. The van der Waals surface area contributed by atoms with Crippen LogP contribution in [-0.4, -0.2) is 73.2 Å². The van der Waals surface area contributed by atoms with E-state index >= 15 is 0 Å². The van der Waals surface area contributed by atoms with E-state index in [9.17, 15) is 0 Å². The average Bonchev–Trinajstić information content (AvgIpc) is 3.15. The second kappa shape index (κ2) is 48.2. The van der Waals surface area contributed by atoms with Gasteiger partial charge in [-0.1, -0.05) is 245 Å². The maximum atomic E-state index is 8.87. The minimum Gasteiger partial charge on any atom is -0.367 e. The molecule has 4 nitrogen and oxygen atoms in total. The van der Waals surface area contributed by atoms with E-state index in [1.54, 1.807) is 0 Å². The first kappa shape index (κ1) is 56.9. The van der Waals surface area contributed by atoms with Crippen LogP contribution in [0.5, 0.6) is 0 Å². The predicted octanol–water partition coefficient (Wildman–Crippen LogP) is 16.0. The Bertz CT molecular complexity index is 639. The molecular weight excluding hydrogens is 673 g/mol. The molecule has 0 aromatic heterocycles. The molecule has 0 saturated heterocycles. The van der Waals surface area contributed by atoms with E-state index in [1.165, 1.54) is 274 Å². The Morgan fingerprint density at radius 2 is 0.527 bits per heavy atom. The Morgan fingerprint density at radius 3 is 0.745 bits per heavy atom. The fraction of sp³-hybridized carbons (Fsp3) is 1.00. The highest BCUT2D eigenvalue weighted by molar-refractivity contribution is 4.55. The molecule has 0 amide bonds. The summed E-state index contributed by atoms with van der Waals surface area (Å²) < 4.78 is 1.25. The average molecular weight is 782 g/mol. The van der Waals surface area contributed by atoms with Crippen LogP contribution in [0.4, 0.5) is 0 Å². The summed E-state index contributed by atoms with van der Waals surface area (Å²) in [6.07, 6.45) is 56.0. The molecule has 0 spiro atoms. The highest BCUT2D eigenvalue weighted by Gasteiger charge is 2.13. The van der Waals surface area contributed by atoms with E-state index in [4.69, 9.17) is 10.2 Å². The Morgan fingerprint density at radius 1 is 0.327 bits per heavy atom. The Labute approximate surface area is 349 Å². The number of rotatable bonds is 45. The van der Waals surface area contributed by atoms with Crippen LogP contribution >= 0.6 is 0 Å². The van der Waals surface area contributed by atoms with Gasteiger partial charge in [0.2, 0.25) is 0 Å². The molecule has 4 heteroatoms. The summed E-state index contributed by atoms with van der Waals surface area (Å²) in [7, 11) is 6.86. The third kappa shape index (κ3) is 53.8. The molecule has 334 valence electrons. The van der Waals surface area contributed by atoms with Gasteiger partial charge < -0.3 is 19.6 Å². The van der Waals surface area contributed by atoms with Gasteiger partial charge in [-0.2, -0.15) is 0 Å². The molecule has 0 bridgehead atoms. The molecule has 2 N–H and O–H groups in total. The van der Waals surface area contributed by atoms with Gasteiger partial charge in [-0.15, -0.1) is 0 Å². The number of nitrogens with zero attached hydrogens (tertiary/aromatic N) is 2. The first-order chi connectivity index (χ1) is 26.8. The highest BCUT2D eigenvalue weighted by atomic mass is 16.5. The number of quaternary nitrogens is 1. The maximum Gasteiger partial charge on any atom is 0.164 e. The lowest BCUT2D eigenvalue weighted by Gasteiger charge is -2.30. The van der Waals surface area contributed by atoms with Crippen molar-refractivity contribution >= 4 is 0 Å². The van der Waals surface area contributed by atoms with E-state index in [1.807, 2.05) is 11.9 Å². The van der Waals surface area contributed by atoms with Gasteiger partial charge in [-0.3, -0.25) is 0 Å². The number of hydrogen-bond acceptors (Lipinski definition) is 3. The first-order valence-electron chi connectivity index (χ1n) is 25.7. The topological polar surface area (TPSA) is 43.7 Å². The van der Waals surface area contributed by atoms with Crippen molar-refractivity contribution in [3.8, 4) is 0 Å². The lowest BCUT2D eigenvalue weighted by molar-refractivity contribution is -0.890. The summed E-state index contributed by atoms with van der Waals surface area (Å²) in [5.41, 5.74) is 0. The van der Waals surface area contributed by atoms with Crippen LogP contribution in [0.3, 0.4) is 0 Å². The summed E-state index contributed by atoms with van der Waals surface area (Å²) in [4.78, 5) is 1.99. The summed E-state index contributed by atoms with van der Waals surface area (Å²) in [5, 5.41) is 17.7. The molecule has 0 aliphatic rings. The van der Waals surface area contributed by atoms with Crippen LogP contribution in [-0.2, 0) is 0 Å². The van der Waals surface area contributed by atoms with Crippen molar-refractivity contribution < 1.29 is 14.7 Å². The normalized spacial score (nSPS) is 11.9. The fourth-order valence-corrected chi connectivity index (χ4v) is 8.17. The Hall–Kier alpha value is -0.160. The van der Waals surface area contributed by atoms with Gasteiger partial charge in [0.15, 0.2) is 6.29 Å². The molecule has 0 heterocycles. The molecule has 0 fully saturated rings. The minimum atomic E-state index is -1.20. The van der Waals surface area contributed by atoms with Crippen LogP contribution < -0.4 is 0 Å². The van der Waals surface area contributed by atoms with Gasteiger partial charge in [-0.25, -0.2) is 0 Å². The van der Waals surface area contributed by atoms with Crippen LogP contribution in [0.1, 0.15) is 278 Å². The van der Waals surface area contributed by atoms with E-state index in [-0.39, 0.29) is 0 Å². The zero-order chi connectivity index (χ0) is 40.8. The molecular formula is C51H109N2O2+. The molecule has 0 saturated carbocycles. The largest absolute Gasteiger partial charge is 0.367 e. The minimum absolute atomic E-state index is 0.360. The number of aliphatic hydroxyl groups is 2. The molecule has 55 heavy (non-hydrogen) atoms. The number of hydrogen-bond donors (Lipinski definition) is 2. The van der Waals surface area contributed by atoms with Crippen molar-refractivity contribution in [3.05, 3.63) is 0 Å². The molecule has 0 aliphatic heterocycles. The zero-order valence-electron chi connectivity index (χ0n) is 39.5. The lowest BCUT2D eigenvalue weighted by atomic mass is 10.0. The van der Waals surface area contributed by atoms with Gasteiger partial charge in [0, 0.05) is 6.54 Å². The van der Waals surface area contributed by atoms with E-state index in [0.717, 1.165) is 6.54 Å². The van der Waals surface area contributed by atoms with Crippen molar-refractivity contribution in [2.24, 2.45) is 0 Å². The van der Waals surface area contributed by atoms with Gasteiger partial charge in [0.25, 0.3) is 0 Å². The van der Waals surface area contributed by atoms with Crippen LogP contribution in [0.25, 0.3) is 0 Å². The second-order valence-corrected chi connectivity index (χ2v) is 18.7. The summed E-state index contributed by atoms with van der Waals surface area (Å²) >= 11 is 0. The standard InChI is InChI=1S/C30H64N.C21H45NO2/c1-5-7-9-11-13-15-17-19-21-23-25-27-29-31(3,4)30-28-26-24-22-20-18-16-14-12-10-8-6-2;1-3-4-5-6-7-8-9-10-11-12-13-14-15-16-17-18-19-22(2)20-21(23)24/h5-30H2,1-4H3;21,23-24H,3-20H2,1-2H3/q+1;.